The number of rotatable bonds is 11. The van der Waals surface area contributed by atoms with Gasteiger partial charge in [-0.05, 0) is 66.9 Å². The van der Waals surface area contributed by atoms with Crippen LogP contribution in [0.25, 0.3) is 0 Å². The van der Waals surface area contributed by atoms with Gasteiger partial charge in [-0.25, -0.2) is 8.42 Å². The molecule has 0 aliphatic rings. The number of anilines is 1. The summed E-state index contributed by atoms with van der Waals surface area (Å²) >= 11 is 19.1. The maximum Gasteiger partial charge on any atom is 0.264 e. The van der Waals surface area contributed by atoms with Crippen molar-refractivity contribution in [2.24, 2.45) is 0 Å². The van der Waals surface area contributed by atoms with Gasteiger partial charge < -0.3 is 10.2 Å². The predicted octanol–water partition coefficient (Wildman–Crippen LogP) is 6.85. The normalized spacial score (nSPS) is 12.0. The number of aryl methyl sites for hydroxylation is 2. The summed E-state index contributed by atoms with van der Waals surface area (Å²) in [5, 5.41) is 3.72. The van der Waals surface area contributed by atoms with E-state index in [-0.39, 0.29) is 23.5 Å². The summed E-state index contributed by atoms with van der Waals surface area (Å²) in [7, 11) is -2.76. The van der Waals surface area contributed by atoms with Crippen LogP contribution < -0.4 is 9.62 Å². The number of benzene rings is 4. The van der Waals surface area contributed by atoms with Crippen molar-refractivity contribution >= 4 is 62.3 Å². The number of nitrogens with zero attached hydrogens (tertiary/aromatic N) is 2. The van der Waals surface area contributed by atoms with Crippen molar-refractivity contribution in [2.45, 2.75) is 37.8 Å². The van der Waals surface area contributed by atoms with Crippen LogP contribution in [-0.4, -0.2) is 44.8 Å². The Morgan fingerprint density at radius 2 is 1.52 bits per heavy atom. The number of carbonyl (C=O) groups is 2. The SMILES string of the molecule is CNC(=O)[C@H](Cc1ccccc1)N(Cc1ccc(Cl)cc1Cl)C(=O)CN(c1ccc(C)c(Cl)c1)S(=O)(=O)c1ccc(C)cc1. The molecular formula is C33H32Cl3N3O4S. The lowest BCUT2D eigenvalue weighted by molar-refractivity contribution is -0.139. The van der Waals surface area contributed by atoms with E-state index in [1.165, 1.54) is 30.1 Å². The van der Waals surface area contributed by atoms with Gasteiger partial charge >= 0.3 is 0 Å². The van der Waals surface area contributed by atoms with Crippen LogP contribution in [0, 0.1) is 13.8 Å². The molecule has 4 aromatic rings. The zero-order chi connectivity index (χ0) is 32.0. The second-order valence-corrected chi connectivity index (χ2v) is 13.4. The number of hydrogen-bond acceptors (Lipinski definition) is 4. The summed E-state index contributed by atoms with van der Waals surface area (Å²) in [5.41, 5.74) is 3.19. The van der Waals surface area contributed by atoms with Gasteiger partial charge in [-0.1, -0.05) is 95.0 Å². The molecule has 4 rings (SSSR count). The van der Waals surface area contributed by atoms with Crippen molar-refractivity contribution in [1.29, 1.82) is 0 Å². The Morgan fingerprint density at radius 1 is 0.841 bits per heavy atom. The van der Waals surface area contributed by atoms with E-state index in [2.05, 4.69) is 5.32 Å². The summed E-state index contributed by atoms with van der Waals surface area (Å²) < 4.78 is 29.2. The monoisotopic (exact) mass is 671 g/mol. The van der Waals surface area contributed by atoms with Gasteiger partial charge in [0.05, 0.1) is 10.6 Å². The summed E-state index contributed by atoms with van der Waals surface area (Å²) in [6.07, 6.45) is 0.179. The molecule has 0 heterocycles. The fraction of sp³-hybridized carbons (Fsp3) is 0.212. The first-order chi connectivity index (χ1) is 20.9. The summed E-state index contributed by atoms with van der Waals surface area (Å²) in [5.74, 6) is -1.04. The molecule has 1 atom stereocenters. The smallest absolute Gasteiger partial charge is 0.264 e. The van der Waals surface area contributed by atoms with E-state index in [1.807, 2.05) is 37.3 Å². The molecule has 0 bridgehead atoms. The summed E-state index contributed by atoms with van der Waals surface area (Å²) in [6.45, 7) is 2.96. The van der Waals surface area contributed by atoms with E-state index in [0.717, 1.165) is 21.0 Å². The number of halogens is 3. The second kappa shape index (κ2) is 14.5. The Kier molecular flexibility index (Phi) is 11.0. The third-order valence-corrected chi connectivity index (χ3v) is 9.99. The minimum absolute atomic E-state index is 0.00651. The highest BCUT2D eigenvalue weighted by Gasteiger charge is 2.34. The van der Waals surface area contributed by atoms with Crippen LogP contribution in [-0.2, 0) is 32.6 Å². The predicted molar refractivity (Wildman–Crippen MR) is 177 cm³/mol. The largest absolute Gasteiger partial charge is 0.357 e. The molecule has 0 spiro atoms. The first kappa shape index (κ1) is 33.3. The van der Waals surface area contributed by atoms with Crippen molar-refractivity contribution in [1.82, 2.24) is 10.2 Å². The molecule has 44 heavy (non-hydrogen) atoms. The highest BCUT2D eigenvalue weighted by Crippen LogP contribution is 2.30. The molecule has 0 aliphatic heterocycles. The standard InChI is InChI=1S/C33H32Cl3N3O4S/c1-22-9-15-28(16-10-22)44(42,43)39(27-14-11-23(2)29(35)19-27)21-32(40)38(20-25-12-13-26(34)18-30(25)36)31(33(41)37-3)17-24-7-5-4-6-8-24/h4-16,18-19,31H,17,20-21H2,1-3H3,(H,37,41)/t31-/m0/s1. The van der Waals surface area contributed by atoms with Crippen LogP contribution in [0.1, 0.15) is 22.3 Å². The third kappa shape index (κ3) is 7.93. The van der Waals surface area contributed by atoms with Gasteiger partial charge in [0.1, 0.15) is 12.6 Å². The highest BCUT2D eigenvalue weighted by atomic mass is 35.5. The molecule has 230 valence electrons. The van der Waals surface area contributed by atoms with Gasteiger partial charge in [0, 0.05) is 35.1 Å². The van der Waals surface area contributed by atoms with Crippen LogP contribution in [0.15, 0.2) is 95.9 Å². The van der Waals surface area contributed by atoms with Crippen molar-refractivity contribution in [3.05, 3.63) is 128 Å². The molecule has 0 aliphatic carbocycles. The lowest BCUT2D eigenvalue weighted by atomic mass is 10.0. The molecule has 0 aromatic heterocycles. The molecule has 0 fully saturated rings. The van der Waals surface area contributed by atoms with Gasteiger partial charge in [-0.15, -0.1) is 0 Å². The maximum atomic E-state index is 14.4. The molecule has 0 saturated carbocycles. The highest BCUT2D eigenvalue weighted by molar-refractivity contribution is 7.92. The minimum Gasteiger partial charge on any atom is -0.357 e. The number of hydrogen-bond donors (Lipinski definition) is 1. The van der Waals surface area contributed by atoms with Gasteiger partial charge in [-0.3, -0.25) is 13.9 Å². The molecule has 7 nitrogen and oxygen atoms in total. The number of sulfonamides is 1. The van der Waals surface area contributed by atoms with Gasteiger partial charge in [0.2, 0.25) is 11.8 Å². The van der Waals surface area contributed by atoms with E-state index >= 15 is 0 Å². The van der Waals surface area contributed by atoms with Crippen molar-refractivity contribution in [2.75, 3.05) is 17.9 Å². The van der Waals surface area contributed by atoms with Crippen LogP contribution in [0.2, 0.25) is 15.1 Å². The Hall–Kier alpha value is -3.56. The van der Waals surface area contributed by atoms with E-state index in [4.69, 9.17) is 34.8 Å². The number of likely N-dealkylation sites (N-methyl/N-ethyl adjacent to an activating group) is 1. The van der Waals surface area contributed by atoms with Crippen molar-refractivity contribution in [3.63, 3.8) is 0 Å². The lowest BCUT2D eigenvalue weighted by Crippen LogP contribution is -2.53. The first-order valence-corrected chi connectivity index (χ1v) is 16.3. The molecular weight excluding hydrogens is 641 g/mol. The number of nitrogens with one attached hydrogen (secondary N) is 1. The molecule has 1 N–H and O–H groups in total. The van der Waals surface area contributed by atoms with E-state index in [0.29, 0.717) is 20.6 Å². The Labute approximate surface area is 273 Å². The van der Waals surface area contributed by atoms with E-state index in [1.54, 1.807) is 49.4 Å². The minimum atomic E-state index is -4.24. The van der Waals surface area contributed by atoms with Crippen molar-refractivity contribution in [3.8, 4) is 0 Å². The Morgan fingerprint density at radius 3 is 2.14 bits per heavy atom. The zero-order valence-electron chi connectivity index (χ0n) is 24.4. The molecule has 4 aromatic carbocycles. The average molecular weight is 673 g/mol. The van der Waals surface area contributed by atoms with Crippen molar-refractivity contribution < 1.29 is 18.0 Å². The quantitative estimate of drug-likeness (QED) is 0.189. The fourth-order valence-corrected chi connectivity index (χ4v) is 6.71. The second-order valence-electron chi connectivity index (χ2n) is 10.3. The van der Waals surface area contributed by atoms with Crippen LogP contribution in [0.5, 0.6) is 0 Å². The molecule has 0 saturated heterocycles. The Balaban J connectivity index is 1.82. The molecule has 0 unspecified atom stereocenters. The topological polar surface area (TPSA) is 86.8 Å². The lowest BCUT2D eigenvalue weighted by Gasteiger charge is -2.34. The summed E-state index contributed by atoms with van der Waals surface area (Å²) in [4.78, 5) is 29.1. The zero-order valence-corrected chi connectivity index (χ0v) is 27.5. The van der Waals surface area contributed by atoms with E-state index in [9.17, 15) is 18.0 Å². The Bertz CT molecular complexity index is 1750. The molecule has 11 heteroatoms. The maximum absolute atomic E-state index is 14.4. The number of carbonyl (C=O) groups excluding carboxylic acids is 2. The third-order valence-electron chi connectivity index (χ3n) is 7.20. The number of amides is 2. The van der Waals surface area contributed by atoms with Gasteiger partial charge in [0.25, 0.3) is 10.0 Å². The van der Waals surface area contributed by atoms with E-state index < -0.39 is 34.4 Å². The first-order valence-electron chi connectivity index (χ1n) is 13.7. The van der Waals surface area contributed by atoms with Gasteiger partial charge in [0.15, 0.2) is 0 Å². The van der Waals surface area contributed by atoms with Crippen LogP contribution >= 0.6 is 34.8 Å². The van der Waals surface area contributed by atoms with Crippen LogP contribution in [0.3, 0.4) is 0 Å². The molecule has 2 amide bonds. The van der Waals surface area contributed by atoms with Crippen LogP contribution in [0.4, 0.5) is 5.69 Å². The molecule has 0 radical (unpaired) electrons. The summed E-state index contributed by atoms with van der Waals surface area (Å²) in [6, 6.07) is 24.3. The fourth-order valence-electron chi connectivity index (χ4n) is 4.66. The average Bonchev–Trinajstić information content (AvgIpc) is 3.00. The van der Waals surface area contributed by atoms with Gasteiger partial charge in [-0.2, -0.15) is 0 Å².